The molecule has 1 amide bonds. The van der Waals surface area contributed by atoms with Gasteiger partial charge in [0.05, 0.1) is 5.75 Å². The molecule has 0 N–H and O–H groups in total. The number of aryl methyl sites for hydroxylation is 1. The minimum Gasteiger partial charge on any atom is -0.341 e. The molecule has 0 fully saturated rings. The number of hydrogen-bond donors (Lipinski definition) is 0. The van der Waals surface area contributed by atoms with Crippen molar-refractivity contribution in [2.75, 3.05) is 12.8 Å². The number of carbonyl (C=O) groups is 1. The van der Waals surface area contributed by atoms with E-state index in [1.807, 2.05) is 43.4 Å². The first-order valence-electron chi connectivity index (χ1n) is 7.17. The smallest absolute Gasteiger partial charge is 0.232 e. The van der Waals surface area contributed by atoms with Crippen molar-refractivity contribution in [1.29, 1.82) is 0 Å². The lowest BCUT2D eigenvalue weighted by Crippen LogP contribution is -2.28. The number of carbonyl (C=O) groups excluding carboxylic acids is 1. The minimum absolute atomic E-state index is 0.161. The molecule has 0 heterocycles. The van der Waals surface area contributed by atoms with Crippen LogP contribution in [0.4, 0.5) is 0 Å². The fourth-order valence-electron chi connectivity index (χ4n) is 2.10. The Morgan fingerprint density at radius 2 is 1.73 bits per heavy atom. The molecule has 0 radical (unpaired) electrons. The predicted molar refractivity (Wildman–Crippen MR) is 98.0 cm³/mol. The van der Waals surface area contributed by atoms with Gasteiger partial charge in [-0.1, -0.05) is 58.4 Å². The van der Waals surface area contributed by atoms with Crippen LogP contribution in [0.5, 0.6) is 0 Å². The van der Waals surface area contributed by atoms with E-state index in [-0.39, 0.29) is 5.91 Å². The summed E-state index contributed by atoms with van der Waals surface area (Å²) >= 11 is 5.19. The first kappa shape index (κ1) is 17.1. The van der Waals surface area contributed by atoms with E-state index < -0.39 is 0 Å². The standard InChI is InChI=1S/C18H20BrNOS/c1-14-7-3-4-9-16(14)12-22-13-18(21)20(2)11-15-8-5-6-10-17(15)19/h3-10H,11-13H2,1-2H3. The number of rotatable bonds is 6. The number of halogens is 1. The van der Waals surface area contributed by atoms with Gasteiger partial charge in [0.2, 0.25) is 5.91 Å². The van der Waals surface area contributed by atoms with Crippen molar-refractivity contribution in [2.24, 2.45) is 0 Å². The second-order valence-electron chi connectivity index (χ2n) is 5.26. The summed E-state index contributed by atoms with van der Waals surface area (Å²) < 4.78 is 1.04. The lowest BCUT2D eigenvalue weighted by Gasteiger charge is -2.18. The molecule has 0 atom stereocenters. The van der Waals surface area contributed by atoms with Gasteiger partial charge in [0.25, 0.3) is 0 Å². The largest absolute Gasteiger partial charge is 0.341 e. The highest BCUT2D eigenvalue weighted by atomic mass is 79.9. The van der Waals surface area contributed by atoms with Gasteiger partial charge in [-0.2, -0.15) is 0 Å². The Labute approximate surface area is 145 Å². The molecule has 0 unspecified atom stereocenters. The maximum absolute atomic E-state index is 12.2. The van der Waals surface area contributed by atoms with Gasteiger partial charge in [0.15, 0.2) is 0 Å². The van der Waals surface area contributed by atoms with E-state index in [1.54, 1.807) is 16.7 Å². The van der Waals surface area contributed by atoms with Crippen LogP contribution >= 0.6 is 27.7 Å². The Morgan fingerprint density at radius 3 is 2.41 bits per heavy atom. The quantitative estimate of drug-likeness (QED) is 0.729. The summed E-state index contributed by atoms with van der Waals surface area (Å²) in [5.74, 6) is 1.55. The molecule has 22 heavy (non-hydrogen) atoms. The lowest BCUT2D eigenvalue weighted by atomic mass is 10.1. The maximum atomic E-state index is 12.2. The van der Waals surface area contributed by atoms with Crippen LogP contribution in [0, 0.1) is 6.92 Å². The molecular formula is C18H20BrNOS. The minimum atomic E-state index is 0.161. The third-order valence-corrected chi connectivity index (χ3v) is 5.28. The average Bonchev–Trinajstić information content (AvgIpc) is 2.51. The lowest BCUT2D eigenvalue weighted by molar-refractivity contribution is -0.127. The normalized spacial score (nSPS) is 10.5. The average molecular weight is 378 g/mol. The second-order valence-corrected chi connectivity index (χ2v) is 7.10. The van der Waals surface area contributed by atoms with Crippen molar-refractivity contribution in [1.82, 2.24) is 4.90 Å². The fourth-order valence-corrected chi connectivity index (χ4v) is 3.55. The van der Waals surface area contributed by atoms with Crippen LogP contribution in [0.1, 0.15) is 16.7 Å². The highest BCUT2D eigenvalue weighted by molar-refractivity contribution is 9.10. The maximum Gasteiger partial charge on any atom is 0.232 e. The molecule has 2 aromatic rings. The summed E-state index contributed by atoms with van der Waals surface area (Å²) in [4.78, 5) is 14.0. The van der Waals surface area contributed by atoms with Crippen molar-refractivity contribution in [3.63, 3.8) is 0 Å². The number of hydrogen-bond acceptors (Lipinski definition) is 2. The summed E-state index contributed by atoms with van der Waals surface area (Å²) in [6.07, 6.45) is 0. The predicted octanol–water partition coefficient (Wildman–Crippen LogP) is 4.65. The zero-order valence-corrected chi connectivity index (χ0v) is 15.3. The Hall–Kier alpha value is -1.26. The van der Waals surface area contributed by atoms with Crippen molar-refractivity contribution >= 4 is 33.6 Å². The molecule has 0 aliphatic rings. The Bertz CT molecular complexity index is 644. The van der Waals surface area contributed by atoms with Crippen molar-refractivity contribution < 1.29 is 4.79 Å². The van der Waals surface area contributed by atoms with Crippen LogP contribution in [-0.2, 0) is 17.1 Å². The molecule has 0 saturated carbocycles. The van der Waals surface area contributed by atoms with Crippen molar-refractivity contribution in [2.45, 2.75) is 19.2 Å². The Morgan fingerprint density at radius 1 is 1.09 bits per heavy atom. The highest BCUT2D eigenvalue weighted by Gasteiger charge is 2.11. The SMILES string of the molecule is Cc1ccccc1CSCC(=O)N(C)Cc1ccccc1Br. The number of nitrogens with zero attached hydrogens (tertiary/aromatic N) is 1. The summed E-state index contributed by atoms with van der Waals surface area (Å²) in [6.45, 7) is 2.74. The van der Waals surface area contributed by atoms with E-state index in [2.05, 4.69) is 35.0 Å². The zero-order chi connectivity index (χ0) is 15.9. The van der Waals surface area contributed by atoms with Gasteiger partial charge in [-0.3, -0.25) is 4.79 Å². The molecule has 0 aliphatic heterocycles. The van der Waals surface area contributed by atoms with Gasteiger partial charge >= 0.3 is 0 Å². The third kappa shape index (κ3) is 4.89. The zero-order valence-electron chi connectivity index (χ0n) is 12.9. The van der Waals surface area contributed by atoms with E-state index in [1.165, 1.54) is 11.1 Å². The van der Waals surface area contributed by atoms with E-state index in [4.69, 9.17) is 0 Å². The van der Waals surface area contributed by atoms with Gasteiger partial charge in [0.1, 0.15) is 0 Å². The van der Waals surface area contributed by atoms with Gasteiger partial charge in [0, 0.05) is 23.8 Å². The van der Waals surface area contributed by atoms with Crippen LogP contribution in [0.25, 0.3) is 0 Å². The molecule has 0 saturated heterocycles. The fraction of sp³-hybridized carbons (Fsp3) is 0.278. The molecule has 0 aliphatic carbocycles. The molecule has 0 aromatic heterocycles. The molecule has 4 heteroatoms. The topological polar surface area (TPSA) is 20.3 Å². The first-order chi connectivity index (χ1) is 10.6. The van der Waals surface area contributed by atoms with Crippen LogP contribution in [0.15, 0.2) is 53.0 Å². The molecule has 2 rings (SSSR count). The van der Waals surface area contributed by atoms with Crippen LogP contribution in [0.2, 0.25) is 0 Å². The third-order valence-electron chi connectivity index (χ3n) is 3.54. The number of amides is 1. The Kier molecular flexibility index (Phi) is 6.52. The van der Waals surface area contributed by atoms with Crippen LogP contribution < -0.4 is 0 Å². The molecule has 2 aromatic carbocycles. The molecule has 2 nitrogen and oxygen atoms in total. The summed E-state index contributed by atoms with van der Waals surface area (Å²) in [5.41, 5.74) is 3.71. The number of thioether (sulfide) groups is 1. The molecule has 116 valence electrons. The van der Waals surface area contributed by atoms with E-state index in [0.717, 1.165) is 15.8 Å². The Balaban J connectivity index is 1.82. The highest BCUT2D eigenvalue weighted by Crippen LogP contribution is 2.19. The monoisotopic (exact) mass is 377 g/mol. The van der Waals surface area contributed by atoms with Crippen LogP contribution in [0.3, 0.4) is 0 Å². The molecule has 0 spiro atoms. The summed E-state index contributed by atoms with van der Waals surface area (Å²) in [6, 6.07) is 16.3. The first-order valence-corrected chi connectivity index (χ1v) is 9.12. The van der Waals surface area contributed by atoms with E-state index in [0.29, 0.717) is 12.3 Å². The van der Waals surface area contributed by atoms with Gasteiger partial charge in [-0.15, -0.1) is 11.8 Å². The van der Waals surface area contributed by atoms with Gasteiger partial charge in [-0.25, -0.2) is 0 Å². The second kappa shape index (κ2) is 8.39. The van der Waals surface area contributed by atoms with Gasteiger partial charge in [-0.05, 0) is 29.7 Å². The molecule has 0 bridgehead atoms. The van der Waals surface area contributed by atoms with Crippen molar-refractivity contribution in [3.8, 4) is 0 Å². The van der Waals surface area contributed by atoms with Crippen molar-refractivity contribution in [3.05, 3.63) is 69.7 Å². The molecular weight excluding hydrogens is 358 g/mol. The van der Waals surface area contributed by atoms with E-state index >= 15 is 0 Å². The van der Waals surface area contributed by atoms with E-state index in [9.17, 15) is 4.79 Å². The van der Waals surface area contributed by atoms with Gasteiger partial charge < -0.3 is 4.90 Å². The van der Waals surface area contributed by atoms with Crippen LogP contribution in [-0.4, -0.2) is 23.6 Å². The summed E-state index contributed by atoms with van der Waals surface area (Å²) in [7, 11) is 1.86. The summed E-state index contributed by atoms with van der Waals surface area (Å²) in [5, 5.41) is 0. The number of benzene rings is 2.